The summed E-state index contributed by atoms with van der Waals surface area (Å²) >= 11 is 0. The molecule has 0 aromatic heterocycles. The quantitative estimate of drug-likeness (QED) is 0.680. The number of methoxy groups -OCH3 is 2. The van der Waals surface area contributed by atoms with Crippen LogP contribution in [0.15, 0.2) is 18.2 Å². The van der Waals surface area contributed by atoms with E-state index in [0.29, 0.717) is 18.8 Å². The van der Waals surface area contributed by atoms with E-state index in [1.54, 1.807) is 25.3 Å². The summed E-state index contributed by atoms with van der Waals surface area (Å²) in [6.45, 7) is 2.93. The molecule has 1 aromatic rings. The maximum Gasteiger partial charge on any atom is 0.406 e. The summed E-state index contributed by atoms with van der Waals surface area (Å²) in [5, 5.41) is 15.5. The fourth-order valence-corrected chi connectivity index (χ4v) is 1.64. The van der Waals surface area contributed by atoms with Crippen LogP contribution in [-0.2, 0) is 4.74 Å². The number of hydrogen-bond donors (Lipinski definition) is 3. The largest absolute Gasteiger partial charge is 0.508 e. The van der Waals surface area contributed by atoms with Crippen molar-refractivity contribution in [3.63, 3.8) is 0 Å². The van der Waals surface area contributed by atoms with Crippen LogP contribution < -0.4 is 15.4 Å². The van der Waals surface area contributed by atoms with Gasteiger partial charge in [-0.05, 0) is 25.1 Å². The number of aromatic hydroxyl groups is 1. The van der Waals surface area contributed by atoms with Gasteiger partial charge in [-0.1, -0.05) is 0 Å². The van der Waals surface area contributed by atoms with Gasteiger partial charge in [-0.15, -0.1) is 0 Å². The average Bonchev–Trinajstić information content (AvgIpc) is 2.43. The van der Waals surface area contributed by atoms with Crippen molar-refractivity contribution < 1.29 is 19.4 Å². The molecule has 1 amide bonds. The summed E-state index contributed by atoms with van der Waals surface area (Å²) in [6.07, 6.45) is -0.460. The van der Waals surface area contributed by atoms with Gasteiger partial charge in [-0.2, -0.15) is 0 Å². The Balaban J connectivity index is 2.49. The normalized spacial score (nSPS) is 11.7. The van der Waals surface area contributed by atoms with Gasteiger partial charge in [-0.25, -0.2) is 4.79 Å². The van der Waals surface area contributed by atoms with Gasteiger partial charge >= 0.3 is 6.09 Å². The lowest BCUT2D eigenvalue weighted by Gasteiger charge is -2.16. The summed E-state index contributed by atoms with van der Waals surface area (Å²) in [5.74, 6) is 0.899. The molecule has 0 bridgehead atoms. The molecule has 6 nitrogen and oxygen atoms in total. The molecule has 0 saturated heterocycles. The molecule has 6 heteroatoms. The Bertz CT molecular complexity index is 423. The van der Waals surface area contributed by atoms with Gasteiger partial charge in [0, 0.05) is 24.7 Å². The highest BCUT2D eigenvalue weighted by molar-refractivity contribution is 5.66. The number of hydrogen-bond acceptors (Lipinski definition) is 5. The Morgan fingerprint density at radius 3 is 2.74 bits per heavy atom. The van der Waals surface area contributed by atoms with Crippen molar-refractivity contribution in [2.24, 2.45) is 0 Å². The summed E-state index contributed by atoms with van der Waals surface area (Å²) in [6, 6.07) is 5.01. The first kappa shape index (κ1) is 15.1. The van der Waals surface area contributed by atoms with Crippen LogP contribution in [0, 0.1) is 0 Å². The molecule has 0 aliphatic carbocycles. The van der Waals surface area contributed by atoms with Gasteiger partial charge < -0.3 is 25.2 Å². The van der Waals surface area contributed by atoms with Crippen LogP contribution >= 0.6 is 0 Å². The van der Waals surface area contributed by atoms with Crippen LogP contribution in [0.2, 0.25) is 0 Å². The van der Waals surface area contributed by atoms with Crippen LogP contribution in [0.5, 0.6) is 11.5 Å². The SMILES string of the molecule is COC(=O)NCCNC(C)c1cc(OC)ccc1O. The van der Waals surface area contributed by atoms with Gasteiger partial charge in [0.1, 0.15) is 11.5 Å². The number of rotatable bonds is 6. The van der Waals surface area contributed by atoms with Crippen LogP contribution in [-0.4, -0.2) is 38.5 Å². The molecule has 1 atom stereocenters. The van der Waals surface area contributed by atoms with Gasteiger partial charge in [0.25, 0.3) is 0 Å². The minimum absolute atomic E-state index is 0.0606. The molecule has 0 aliphatic heterocycles. The van der Waals surface area contributed by atoms with E-state index in [1.165, 1.54) is 7.11 Å². The lowest BCUT2D eigenvalue weighted by atomic mass is 10.1. The van der Waals surface area contributed by atoms with Crippen LogP contribution in [0.4, 0.5) is 4.79 Å². The molecule has 1 rings (SSSR count). The van der Waals surface area contributed by atoms with Gasteiger partial charge in [-0.3, -0.25) is 0 Å². The number of benzene rings is 1. The number of phenols is 1. The molecule has 0 fully saturated rings. The molecular weight excluding hydrogens is 248 g/mol. The van der Waals surface area contributed by atoms with Crippen molar-refractivity contribution in [2.75, 3.05) is 27.3 Å². The molecule has 106 valence electrons. The number of carbonyl (C=O) groups excluding carboxylic acids is 1. The second kappa shape index (κ2) is 7.48. The molecule has 1 unspecified atom stereocenters. The summed E-state index contributed by atoms with van der Waals surface area (Å²) in [4.78, 5) is 10.8. The first-order valence-electron chi connectivity index (χ1n) is 6.00. The zero-order valence-corrected chi connectivity index (χ0v) is 11.4. The van der Waals surface area contributed by atoms with Crippen LogP contribution in [0.1, 0.15) is 18.5 Å². The molecule has 0 heterocycles. The van der Waals surface area contributed by atoms with E-state index in [9.17, 15) is 9.90 Å². The summed E-state index contributed by atoms with van der Waals surface area (Å²) in [5.41, 5.74) is 0.748. The predicted molar refractivity (Wildman–Crippen MR) is 71.5 cm³/mol. The topological polar surface area (TPSA) is 79.8 Å². The van der Waals surface area contributed by atoms with E-state index in [-0.39, 0.29) is 11.8 Å². The highest BCUT2D eigenvalue weighted by Gasteiger charge is 2.11. The standard InChI is InChI=1S/C13H20N2O4/c1-9(14-6-7-15-13(17)19-3)11-8-10(18-2)4-5-12(11)16/h4-5,8-9,14,16H,6-7H2,1-3H3,(H,15,17). The third-order valence-corrected chi connectivity index (χ3v) is 2.73. The fraction of sp³-hybridized carbons (Fsp3) is 0.462. The van der Waals surface area contributed by atoms with Crippen LogP contribution in [0.25, 0.3) is 0 Å². The second-order valence-corrected chi connectivity index (χ2v) is 4.02. The zero-order valence-electron chi connectivity index (χ0n) is 11.4. The highest BCUT2D eigenvalue weighted by Crippen LogP contribution is 2.27. The van der Waals surface area contributed by atoms with Crippen molar-refractivity contribution in [2.45, 2.75) is 13.0 Å². The Kier molecular flexibility index (Phi) is 5.95. The number of nitrogens with one attached hydrogen (secondary N) is 2. The maximum atomic E-state index is 10.8. The average molecular weight is 268 g/mol. The van der Waals surface area contributed by atoms with Gasteiger partial charge in [0.05, 0.1) is 14.2 Å². The Morgan fingerprint density at radius 1 is 1.37 bits per heavy atom. The minimum atomic E-state index is -0.460. The molecule has 19 heavy (non-hydrogen) atoms. The number of ether oxygens (including phenoxy) is 2. The molecule has 3 N–H and O–H groups in total. The van der Waals surface area contributed by atoms with Crippen molar-refractivity contribution >= 4 is 6.09 Å². The van der Waals surface area contributed by atoms with E-state index in [2.05, 4.69) is 15.4 Å². The third kappa shape index (κ3) is 4.67. The van der Waals surface area contributed by atoms with Gasteiger partial charge in [0.2, 0.25) is 0 Å². The van der Waals surface area contributed by atoms with Crippen molar-refractivity contribution in [1.82, 2.24) is 10.6 Å². The van der Waals surface area contributed by atoms with Crippen molar-refractivity contribution in [3.05, 3.63) is 23.8 Å². The van der Waals surface area contributed by atoms with Crippen molar-refractivity contribution in [1.29, 1.82) is 0 Å². The number of alkyl carbamates (subject to hydrolysis) is 1. The lowest BCUT2D eigenvalue weighted by Crippen LogP contribution is -2.32. The Labute approximate surface area is 112 Å². The molecule has 0 saturated carbocycles. The fourth-order valence-electron chi connectivity index (χ4n) is 1.64. The second-order valence-electron chi connectivity index (χ2n) is 4.02. The molecule has 0 aliphatic rings. The Morgan fingerprint density at radius 2 is 2.11 bits per heavy atom. The highest BCUT2D eigenvalue weighted by atomic mass is 16.5. The summed E-state index contributed by atoms with van der Waals surface area (Å²) < 4.78 is 9.58. The number of phenolic OH excluding ortho intramolecular Hbond substituents is 1. The monoisotopic (exact) mass is 268 g/mol. The third-order valence-electron chi connectivity index (χ3n) is 2.73. The predicted octanol–water partition coefficient (Wildman–Crippen LogP) is 1.41. The first-order chi connectivity index (χ1) is 9.08. The number of amides is 1. The number of carbonyl (C=O) groups is 1. The van der Waals surface area contributed by atoms with E-state index in [0.717, 1.165) is 5.56 Å². The summed E-state index contributed by atoms with van der Waals surface area (Å²) in [7, 11) is 2.90. The van der Waals surface area contributed by atoms with E-state index in [1.807, 2.05) is 6.92 Å². The van der Waals surface area contributed by atoms with Gasteiger partial charge in [0.15, 0.2) is 0 Å². The molecule has 0 spiro atoms. The molecule has 0 radical (unpaired) electrons. The lowest BCUT2D eigenvalue weighted by molar-refractivity contribution is 0.171. The zero-order chi connectivity index (χ0) is 14.3. The van der Waals surface area contributed by atoms with Crippen molar-refractivity contribution in [3.8, 4) is 11.5 Å². The first-order valence-corrected chi connectivity index (χ1v) is 6.00. The minimum Gasteiger partial charge on any atom is -0.508 e. The molecule has 1 aromatic carbocycles. The Hall–Kier alpha value is -1.95. The molecular formula is C13H20N2O4. The van der Waals surface area contributed by atoms with E-state index in [4.69, 9.17) is 4.74 Å². The van der Waals surface area contributed by atoms with Crippen LogP contribution in [0.3, 0.4) is 0 Å². The smallest absolute Gasteiger partial charge is 0.406 e. The van der Waals surface area contributed by atoms with E-state index < -0.39 is 6.09 Å². The van der Waals surface area contributed by atoms with E-state index >= 15 is 0 Å². The maximum absolute atomic E-state index is 10.8.